The fourth-order valence-electron chi connectivity index (χ4n) is 2.36. The van der Waals surface area contributed by atoms with E-state index in [9.17, 15) is 14.4 Å². The van der Waals surface area contributed by atoms with Gasteiger partial charge in [-0.15, -0.1) is 0 Å². The van der Waals surface area contributed by atoms with Crippen molar-refractivity contribution < 1.29 is 24.2 Å². The van der Waals surface area contributed by atoms with Gasteiger partial charge in [-0.1, -0.05) is 6.07 Å². The number of carbonyl (C=O) groups excluding carboxylic acids is 2. The molecule has 0 aromatic heterocycles. The van der Waals surface area contributed by atoms with Crippen LogP contribution in [-0.2, 0) is 15.1 Å². The molecule has 1 aliphatic rings. The highest BCUT2D eigenvalue weighted by atomic mass is 16.5. The number of carboxylic acid groups (broad SMARTS) is 1. The van der Waals surface area contributed by atoms with E-state index in [1.54, 1.807) is 32.2 Å². The van der Waals surface area contributed by atoms with E-state index in [1.807, 2.05) is 6.92 Å². The van der Waals surface area contributed by atoms with Gasteiger partial charge in [-0.2, -0.15) is 0 Å². The number of carboxylic acids is 1. The summed E-state index contributed by atoms with van der Waals surface area (Å²) in [5.74, 6) is -1.16. The monoisotopic (exact) mass is 292 g/mol. The van der Waals surface area contributed by atoms with Gasteiger partial charge in [-0.25, -0.2) is 4.79 Å². The van der Waals surface area contributed by atoms with Crippen molar-refractivity contribution >= 4 is 17.9 Å². The van der Waals surface area contributed by atoms with Crippen molar-refractivity contribution in [2.75, 3.05) is 13.7 Å². The minimum atomic E-state index is -1.27. The molecule has 2 N–H and O–H groups in total. The summed E-state index contributed by atoms with van der Waals surface area (Å²) in [5.41, 5.74) is 0.116. The summed E-state index contributed by atoms with van der Waals surface area (Å²) in [7, 11) is 1.54. The lowest BCUT2D eigenvalue weighted by Gasteiger charge is -2.23. The molecule has 1 fully saturated rings. The van der Waals surface area contributed by atoms with E-state index in [4.69, 9.17) is 9.84 Å². The van der Waals surface area contributed by atoms with Crippen LogP contribution in [0.4, 0.5) is 4.79 Å². The highest BCUT2D eigenvalue weighted by Gasteiger charge is 2.49. The van der Waals surface area contributed by atoms with Crippen molar-refractivity contribution in [1.29, 1.82) is 0 Å². The fraction of sp³-hybridized carbons (Fsp3) is 0.357. The number of hydrogen-bond donors (Lipinski definition) is 2. The van der Waals surface area contributed by atoms with Gasteiger partial charge in [-0.3, -0.25) is 14.5 Å². The Morgan fingerprint density at radius 2 is 2.10 bits per heavy atom. The van der Waals surface area contributed by atoms with Crippen molar-refractivity contribution in [3.8, 4) is 5.75 Å². The molecule has 7 heteroatoms. The third-order valence-corrected chi connectivity index (χ3v) is 3.54. The summed E-state index contributed by atoms with van der Waals surface area (Å²) in [6.07, 6.45) is 0. The molecule has 0 unspecified atom stereocenters. The van der Waals surface area contributed by atoms with Crippen LogP contribution in [0.2, 0.25) is 0 Å². The summed E-state index contributed by atoms with van der Waals surface area (Å²) in [6, 6.07) is 4.41. The van der Waals surface area contributed by atoms with E-state index < -0.39 is 30.0 Å². The molecule has 1 aromatic rings. The minimum Gasteiger partial charge on any atom is -0.496 e. The molecule has 112 valence electrons. The Labute approximate surface area is 121 Å². The molecule has 3 amide bonds. The topological polar surface area (TPSA) is 95.9 Å². The molecule has 0 spiro atoms. The van der Waals surface area contributed by atoms with Crippen molar-refractivity contribution in [3.63, 3.8) is 0 Å². The lowest BCUT2D eigenvalue weighted by Crippen LogP contribution is -2.41. The normalized spacial score (nSPS) is 21.4. The Hall–Kier alpha value is -2.57. The van der Waals surface area contributed by atoms with Gasteiger partial charge in [0.25, 0.3) is 5.91 Å². The van der Waals surface area contributed by atoms with Gasteiger partial charge in [0, 0.05) is 0 Å². The molecule has 7 nitrogen and oxygen atoms in total. The Morgan fingerprint density at radius 3 is 2.62 bits per heavy atom. The molecule has 21 heavy (non-hydrogen) atoms. The summed E-state index contributed by atoms with van der Waals surface area (Å²) in [6.45, 7) is 2.72. The van der Waals surface area contributed by atoms with E-state index in [1.165, 1.54) is 0 Å². The summed E-state index contributed by atoms with van der Waals surface area (Å²) in [5, 5.41) is 11.3. The number of hydrogen-bond acceptors (Lipinski definition) is 4. The lowest BCUT2D eigenvalue weighted by atomic mass is 9.90. The van der Waals surface area contributed by atoms with Crippen LogP contribution in [0.15, 0.2) is 18.2 Å². The summed E-state index contributed by atoms with van der Waals surface area (Å²) < 4.78 is 5.16. The summed E-state index contributed by atoms with van der Waals surface area (Å²) in [4.78, 5) is 35.6. The highest BCUT2D eigenvalue weighted by Crippen LogP contribution is 2.31. The van der Waals surface area contributed by atoms with Crippen LogP contribution >= 0.6 is 0 Å². The fourth-order valence-corrected chi connectivity index (χ4v) is 2.36. The van der Waals surface area contributed by atoms with Crippen molar-refractivity contribution in [1.82, 2.24) is 10.2 Å². The van der Waals surface area contributed by atoms with E-state index >= 15 is 0 Å². The first-order chi connectivity index (χ1) is 9.79. The number of amides is 3. The number of nitrogens with one attached hydrogen (secondary N) is 1. The quantitative estimate of drug-likeness (QED) is 0.802. The van der Waals surface area contributed by atoms with Crippen LogP contribution in [-0.4, -0.2) is 41.6 Å². The number of carbonyl (C=O) groups is 3. The van der Waals surface area contributed by atoms with Crippen molar-refractivity contribution in [2.45, 2.75) is 19.4 Å². The molecule has 1 heterocycles. The molecule has 0 saturated carbocycles. The van der Waals surface area contributed by atoms with Crippen LogP contribution in [0.1, 0.15) is 18.1 Å². The third kappa shape index (κ3) is 2.42. The van der Waals surface area contributed by atoms with E-state index in [0.717, 1.165) is 5.56 Å². The largest absolute Gasteiger partial charge is 0.496 e. The number of benzene rings is 1. The number of methoxy groups -OCH3 is 1. The maximum absolute atomic E-state index is 12.4. The molecule has 1 aliphatic heterocycles. The molecule has 1 saturated heterocycles. The molecular formula is C14H16N2O5. The van der Waals surface area contributed by atoms with Crippen LogP contribution < -0.4 is 10.1 Å². The Kier molecular flexibility index (Phi) is 3.59. The maximum atomic E-state index is 12.4. The predicted octanol–water partition coefficient (Wildman–Crippen LogP) is 0.855. The zero-order valence-corrected chi connectivity index (χ0v) is 12.0. The molecule has 2 rings (SSSR count). The molecule has 1 aromatic carbocycles. The smallest absolute Gasteiger partial charge is 0.325 e. The molecule has 0 radical (unpaired) electrons. The van der Waals surface area contributed by atoms with E-state index in [-0.39, 0.29) is 0 Å². The second kappa shape index (κ2) is 5.08. The molecule has 1 atom stereocenters. The van der Waals surface area contributed by atoms with Gasteiger partial charge >= 0.3 is 12.0 Å². The number of imide groups is 1. The van der Waals surface area contributed by atoms with Gasteiger partial charge in [-0.05, 0) is 37.1 Å². The maximum Gasteiger partial charge on any atom is 0.325 e. The average molecular weight is 292 g/mol. The SMILES string of the molecule is COc1ccc([C@@]2(C)NC(=O)N(CC(=O)O)C2=O)cc1C. The molecule has 0 aliphatic carbocycles. The third-order valence-electron chi connectivity index (χ3n) is 3.54. The highest BCUT2D eigenvalue weighted by molar-refractivity contribution is 6.08. The van der Waals surface area contributed by atoms with Crippen LogP contribution in [0, 0.1) is 6.92 Å². The standard InChI is InChI=1S/C14H16N2O5/c1-8-6-9(4-5-10(8)21-3)14(2)12(19)16(7-11(17)18)13(20)15-14/h4-6H,7H2,1-3H3,(H,15,20)(H,17,18)/t14-/m1/s1. The predicted molar refractivity (Wildman–Crippen MR) is 73.0 cm³/mol. The zero-order valence-electron chi connectivity index (χ0n) is 12.0. The van der Waals surface area contributed by atoms with Crippen LogP contribution in [0.5, 0.6) is 5.75 Å². The lowest BCUT2D eigenvalue weighted by molar-refractivity contribution is -0.142. The second-order valence-electron chi connectivity index (χ2n) is 5.02. The van der Waals surface area contributed by atoms with Crippen molar-refractivity contribution in [3.05, 3.63) is 29.3 Å². The second-order valence-corrected chi connectivity index (χ2v) is 5.02. The minimum absolute atomic E-state index is 0.576. The van der Waals surface area contributed by atoms with Gasteiger partial charge in [0.2, 0.25) is 0 Å². The van der Waals surface area contributed by atoms with Crippen LogP contribution in [0.25, 0.3) is 0 Å². The van der Waals surface area contributed by atoms with E-state index in [0.29, 0.717) is 16.2 Å². The number of aryl methyl sites for hydroxylation is 1. The molecule has 0 bridgehead atoms. The van der Waals surface area contributed by atoms with Gasteiger partial charge < -0.3 is 15.2 Å². The average Bonchev–Trinajstić information content (AvgIpc) is 2.63. The Bertz CT molecular complexity index is 628. The zero-order chi connectivity index (χ0) is 15.8. The number of urea groups is 1. The van der Waals surface area contributed by atoms with Gasteiger partial charge in [0.1, 0.15) is 17.8 Å². The Balaban J connectivity index is 2.39. The number of aliphatic carboxylic acids is 1. The first-order valence-electron chi connectivity index (χ1n) is 6.30. The number of nitrogens with zero attached hydrogens (tertiary/aromatic N) is 1. The van der Waals surface area contributed by atoms with Gasteiger partial charge in [0.05, 0.1) is 7.11 Å². The van der Waals surface area contributed by atoms with Crippen LogP contribution in [0.3, 0.4) is 0 Å². The van der Waals surface area contributed by atoms with Gasteiger partial charge in [0.15, 0.2) is 0 Å². The Morgan fingerprint density at radius 1 is 1.43 bits per heavy atom. The van der Waals surface area contributed by atoms with Crippen molar-refractivity contribution in [2.24, 2.45) is 0 Å². The first-order valence-corrected chi connectivity index (χ1v) is 6.30. The number of ether oxygens (including phenoxy) is 1. The summed E-state index contributed by atoms with van der Waals surface area (Å²) >= 11 is 0. The van der Waals surface area contributed by atoms with E-state index in [2.05, 4.69) is 5.32 Å². The first kappa shape index (κ1) is 14.8. The number of rotatable bonds is 4. The molecular weight excluding hydrogens is 276 g/mol.